The summed E-state index contributed by atoms with van der Waals surface area (Å²) in [7, 11) is 0. The molecule has 2 saturated carbocycles. The molecule has 2 nitrogen and oxygen atoms in total. The second-order valence-corrected chi connectivity index (χ2v) is 6.73. The number of fused-ring (bicyclic) bond motifs is 1. The monoisotopic (exact) mass is 291 g/mol. The summed E-state index contributed by atoms with van der Waals surface area (Å²) in [6, 6.07) is 10.0. The minimum Gasteiger partial charge on any atom is -0.345 e. The van der Waals surface area contributed by atoms with Crippen molar-refractivity contribution in [3.05, 3.63) is 35.9 Å². The number of carbonyl (C=O) groups is 1. The fraction of sp³-hybridized carbons (Fsp3) is 0.588. The number of halogens is 1. The molecule has 3 unspecified atom stereocenters. The van der Waals surface area contributed by atoms with Crippen molar-refractivity contribution in [1.82, 2.24) is 5.32 Å². The minimum absolute atomic E-state index is 0.203. The van der Waals surface area contributed by atoms with Crippen molar-refractivity contribution >= 4 is 17.5 Å². The number of rotatable bonds is 4. The molecule has 0 aliphatic heterocycles. The molecule has 0 saturated heterocycles. The van der Waals surface area contributed by atoms with Crippen LogP contribution < -0.4 is 5.32 Å². The zero-order valence-corrected chi connectivity index (χ0v) is 12.7. The lowest BCUT2D eigenvalue weighted by Crippen LogP contribution is -2.46. The van der Waals surface area contributed by atoms with Gasteiger partial charge in [-0.2, -0.15) is 0 Å². The van der Waals surface area contributed by atoms with Crippen molar-refractivity contribution in [2.24, 2.45) is 17.8 Å². The second kappa shape index (κ2) is 5.40. The molecular formula is C17H22ClNO. The zero-order valence-electron chi connectivity index (χ0n) is 11.9. The van der Waals surface area contributed by atoms with Crippen LogP contribution in [0.5, 0.6) is 0 Å². The number of amides is 1. The van der Waals surface area contributed by atoms with Crippen LogP contribution in [0.15, 0.2) is 30.3 Å². The van der Waals surface area contributed by atoms with Gasteiger partial charge in [0.25, 0.3) is 0 Å². The Kier molecular flexibility index (Phi) is 3.76. The zero-order chi connectivity index (χ0) is 14.2. The van der Waals surface area contributed by atoms with Gasteiger partial charge in [0, 0.05) is 11.8 Å². The summed E-state index contributed by atoms with van der Waals surface area (Å²) >= 11 is 6.15. The molecular weight excluding hydrogens is 270 g/mol. The molecule has 1 aromatic rings. The average molecular weight is 292 g/mol. The van der Waals surface area contributed by atoms with E-state index in [2.05, 4.69) is 5.32 Å². The highest BCUT2D eigenvalue weighted by Crippen LogP contribution is 2.55. The van der Waals surface area contributed by atoms with Crippen molar-refractivity contribution in [3.8, 4) is 0 Å². The first-order chi connectivity index (χ1) is 9.65. The lowest BCUT2D eigenvalue weighted by Gasteiger charge is -2.29. The first kappa shape index (κ1) is 13.9. The third-order valence-electron chi connectivity index (χ3n) is 5.04. The average Bonchev–Trinajstić information content (AvgIpc) is 3.22. The molecule has 1 N–H and O–H groups in total. The summed E-state index contributed by atoms with van der Waals surface area (Å²) in [5, 5.41) is 3.21. The number of nitrogens with one attached hydrogen (secondary N) is 1. The lowest BCUT2D eigenvalue weighted by molar-refractivity contribution is -0.124. The Hall–Kier alpha value is -1.02. The molecule has 2 aliphatic rings. The Morgan fingerprint density at radius 1 is 1.25 bits per heavy atom. The van der Waals surface area contributed by atoms with E-state index in [0.29, 0.717) is 17.7 Å². The van der Waals surface area contributed by atoms with E-state index in [1.165, 1.54) is 25.7 Å². The van der Waals surface area contributed by atoms with Crippen LogP contribution in [0.2, 0.25) is 0 Å². The van der Waals surface area contributed by atoms with E-state index in [1.54, 1.807) is 0 Å². The van der Waals surface area contributed by atoms with Gasteiger partial charge >= 0.3 is 0 Å². The second-order valence-electron chi connectivity index (χ2n) is 6.46. The standard InChI is InChI=1S/C17H22ClNO/c1-17(11-18,12-7-3-2-4-8-12)19-16(20)15-13-9-5-6-10-14(13)15/h2-4,7-8,13-15H,5-6,9-11H2,1H3,(H,19,20). The van der Waals surface area contributed by atoms with Crippen LogP contribution in [-0.4, -0.2) is 11.8 Å². The third-order valence-corrected chi connectivity index (χ3v) is 5.57. The van der Waals surface area contributed by atoms with E-state index in [-0.39, 0.29) is 11.8 Å². The van der Waals surface area contributed by atoms with E-state index >= 15 is 0 Å². The minimum atomic E-state index is -0.467. The van der Waals surface area contributed by atoms with Crippen LogP contribution in [0.4, 0.5) is 0 Å². The molecule has 2 fully saturated rings. The van der Waals surface area contributed by atoms with E-state index in [4.69, 9.17) is 11.6 Å². The molecule has 1 aromatic carbocycles. The molecule has 2 aliphatic carbocycles. The molecule has 3 heteroatoms. The van der Waals surface area contributed by atoms with Crippen LogP contribution >= 0.6 is 11.6 Å². The highest BCUT2D eigenvalue weighted by Gasteiger charge is 2.55. The van der Waals surface area contributed by atoms with Gasteiger partial charge in [-0.25, -0.2) is 0 Å². The molecule has 3 rings (SSSR count). The Labute approximate surface area is 125 Å². The first-order valence-electron chi connectivity index (χ1n) is 7.59. The summed E-state index contributed by atoms with van der Waals surface area (Å²) in [5.74, 6) is 2.11. The summed E-state index contributed by atoms with van der Waals surface area (Å²) in [6.45, 7) is 2.01. The van der Waals surface area contributed by atoms with Gasteiger partial charge in [-0.3, -0.25) is 4.79 Å². The van der Waals surface area contributed by atoms with Crippen molar-refractivity contribution in [1.29, 1.82) is 0 Å². The van der Waals surface area contributed by atoms with E-state index in [0.717, 1.165) is 5.56 Å². The van der Waals surface area contributed by atoms with Gasteiger partial charge in [0.1, 0.15) is 0 Å². The van der Waals surface area contributed by atoms with Crippen LogP contribution in [0.3, 0.4) is 0 Å². The highest BCUT2D eigenvalue weighted by atomic mass is 35.5. The lowest BCUT2D eigenvalue weighted by atomic mass is 9.93. The quantitative estimate of drug-likeness (QED) is 0.842. The van der Waals surface area contributed by atoms with Crippen LogP contribution in [0.1, 0.15) is 38.2 Å². The molecule has 20 heavy (non-hydrogen) atoms. The van der Waals surface area contributed by atoms with Crippen molar-refractivity contribution in [3.63, 3.8) is 0 Å². The van der Waals surface area contributed by atoms with Gasteiger partial charge in [-0.05, 0) is 37.2 Å². The maximum absolute atomic E-state index is 12.5. The summed E-state index contributed by atoms with van der Waals surface area (Å²) < 4.78 is 0. The Bertz CT molecular complexity index is 477. The largest absolute Gasteiger partial charge is 0.345 e. The molecule has 0 spiro atoms. The van der Waals surface area contributed by atoms with Gasteiger partial charge in [-0.1, -0.05) is 43.2 Å². The summed E-state index contributed by atoms with van der Waals surface area (Å²) in [4.78, 5) is 12.5. The third kappa shape index (κ3) is 2.46. The molecule has 0 heterocycles. The molecule has 0 bridgehead atoms. The predicted octanol–water partition coefficient (Wildman–Crippen LogP) is 3.69. The molecule has 108 valence electrons. The fourth-order valence-electron chi connectivity index (χ4n) is 3.73. The van der Waals surface area contributed by atoms with Gasteiger partial charge < -0.3 is 5.32 Å². The van der Waals surface area contributed by atoms with Gasteiger partial charge in [-0.15, -0.1) is 11.6 Å². The maximum atomic E-state index is 12.5. The smallest absolute Gasteiger partial charge is 0.224 e. The molecule has 3 atom stereocenters. The van der Waals surface area contributed by atoms with E-state index in [1.807, 2.05) is 37.3 Å². The predicted molar refractivity (Wildman–Crippen MR) is 81.6 cm³/mol. The van der Waals surface area contributed by atoms with Crippen LogP contribution in [0.25, 0.3) is 0 Å². The number of hydrogen-bond acceptors (Lipinski definition) is 1. The summed E-state index contributed by atoms with van der Waals surface area (Å²) in [5.41, 5.74) is 0.609. The topological polar surface area (TPSA) is 29.1 Å². The fourth-order valence-corrected chi connectivity index (χ4v) is 3.95. The van der Waals surface area contributed by atoms with Gasteiger partial charge in [0.2, 0.25) is 5.91 Å². The van der Waals surface area contributed by atoms with E-state index < -0.39 is 5.54 Å². The Balaban J connectivity index is 1.70. The van der Waals surface area contributed by atoms with Gasteiger partial charge in [0.05, 0.1) is 5.54 Å². The van der Waals surface area contributed by atoms with Crippen molar-refractivity contribution in [2.45, 2.75) is 38.1 Å². The normalized spacial score (nSPS) is 31.0. The van der Waals surface area contributed by atoms with Gasteiger partial charge in [0.15, 0.2) is 0 Å². The van der Waals surface area contributed by atoms with Crippen LogP contribution in [-0.2, 0) is 10.3 Å². The summed E-state index contributed by atoms with van der Waals surface area (Å²) in [6.07, 6.45) is 5.03. The molecule has 0 radical (unpaired) electrons. The first-order valence-corrected chi connectivity index (χ1v) is 8.13. The SMILES string of the molecule is CC(CCl)(NC(=O)C1C2CCCCC21)c1ccccc1. The maximum Gasteiger partial charge on any atom is 0.224 e. The van der Waals surface area contributed by atoms with Crippen LogP contribution in [0, 0.1) is 17.8 Å². The van der Waals surface area contributed by atoms with Crippen molar-refractivity contribution in [2.75, 3.05) is 5.88 Å². The van der Waals surface area contributed by atoms with E-state index in [9.17, 15) is 4.79 Å². The Morgan fingerprint density at radius 2 is 1.85 bits per heavy atom. The number of benzene rings is 1. The number of hydrogen-bond donors (Lipinski definition) is 1. The van der Waals surface area contributed by atoms with Crippen molar-refractivity contribution < 1.29 is 4.79 Å². The molecule has 0 aromatic heterocycles. The number of carbonyl (C=O) groups excluding carboxylic acids is 1. The number of alkyl halides is 1. The Morgan fingerprint density at radius 3 is 2.40 bits per heavy atom. The highest BCUT2D eigenvalue weighted by molar-refractivity contribution is 6.18. The molecule has 1 amide bonds.